The van der Waals surface area contributed by atoms with Crippen LogP contribution in [0.15, 0.2) is 42.7 Å². The molecule has 0 fully saturated rings. The monoisotopic (exact) mass is 340 g/mol. The molecule has 0 spiro atoms. The number of anilines is 2. The van der Waals surface area contributed by atoms with Gasteiger partial charge in [0.25, 0.3) is 5.91 Å². The van der Waals surface area contributed by atoms with Crippen LogP contribution in [0.1, 0.15) is 42.1 Å². The Balaban J connectivity index is 1.93. The van der Waals surface area contributed by atoms with Gasteiger partial charge in [0.15, 0.2) is 0 Å². The normalized spacial score (nSPS) is 11.0. The van der Waals surface area contributed by atoms with Gasteiger partial charge in [-0.2, -0.15) is 0 Å². The number of hydrogen-bond donors (Lipinski definition) is 2. The van der Waals surface area contributed by atoms with Gasteiger partial charge in [0.2, 0.25) is 0 Å². The molecule has 25 heavy (non-hydrogen) atoms. The number of benzene rings is 1. The van der Waals surface area contributed by atoms with Crippen LogP contribution in [-0.4, -0.2) is 43.0 Å². The largest absolute Gasteiger partial charge is 0.384 e. The van der Waals surface area contributed by atoms with Crippen LogP contribution >= 0.6 is 0 Å². The summed E-state index contributed by atoms with van der Waals surface area (Å²) in [4.78, 5) is 18.7. The smallest absolute Gasteiger partial charge is 0.257 e. The van der Waals surface area contributed by atoms with Gasteiger partial charge in [-0.1, -0.05) is 26.0 Å². The summed E-state index contributed by atoms with van der Waals surface area (Å²) in [6.07, 6.45) is 4.36. The molecular formula is C20H28N4O. The van der Waals surface area contributed by atoms with E-state index in [0.717, 1.165) is 30.9 Å². The topological polar surface area (TPSA) is 57.3 Å². The number of nitrogens with zero attached hydrogens (tertiary/aromatic N) is 2. The maximum absolute atomic E-state index is 12.4. The van der Waals surface area contributed by atoms with Crippen LogP contribution in [0.25, 0.3) is 0 Å². The Hall–Kier alpha value is -2.40. The fourth-order valence-electron chi connectivity index (χ4n) is 2.44. The molecule has 0 saturated heterocycles. The van der Waals surface area contributed by atoms with Crippen LogP contribution < -0.4 is 10.6 Å². The molecule has 0 atom stereocenters. The van der Waals surface area contributed by atoms with Crippen molar-refractivity contribution in [3.8, 4) is 0 Å². The highest BCUT2D eigenvalue weighted by Crippen LogP contribution is 2.18. The molecule has 0 saturated carbocycles. The third-order valence-electron chi connectivity index (χ3n) is 3.95. The fourth-order valence-corrected chi connectivity index (χ4v) is 2.44. The molecule has 2 aromatic rings. The molecule has 0 aliphatic carbocycles. The number of hydrogen-bond acceptors (Lipinski definition) is 4. The molecule has 0 bridgehead atoms. The van der Waals surface area contributed by atoms with Crippen molar-refractivity contribution in [2.75, 3.05) is 37.8 Å². The van der Waals surface area contributed by atoms with Crippen LogP contribution in [0, 0.1) is 0 Å². The highest BCUT2D eigenvalue weighted by Gasteiger charge is 2.08. The summed E-state index contributed by atoms with van der Waals surface area (Å²) in [5, 5.41) is 6.23. The van der Waals surface area contributed by atoms with E-state index in [4.69, 9.17) is 0 Å². The SMILES string of the molecule is CC(C)c1ccc(NC(=O)c2cncc(NCCCN(C)C)c2)cc1. The van der Waals surface area contributed by atoms with E-state index in [2.05, 4.69) is 48.5 Å². The Morgan fingerprint density at radius 3 is 2.48 bits per heavy atom. The van der Waals surface area contributed by atoms with Gasteiger partial charge in [-0.25, -0.2) is 0 Å². The molecule has 1 aromatic heterocycles. The Bertz CT molecular complexity index is 680. The second-order valence-corrected chi connectivity index (χ2v) is 6.78. The van der Waals surface area contributed by atoms with Gasteiger partial charge in [0.05, 0.1) is 11.3 Å². The number of pyridine rings is 1. The van der Waals surface area contributed by atoms with Crippen molar-refractivity contribution >= 4 is 17.3 Å². The maximum Gasteiger partial charge on any atom is 0.257 e. The summed E-state index contributed by atoms with van der Waals surface area (Å²) in [7, 11) is 4.11. The number of aromatic nitrogens is 1. The Morgan fingerprint density at radius 1 is 1.12 bits per heavy atom. The van der Waals surface area contributed by atoms with Crippen LogP contribution in [0.4, 0.5) is 11.4 Å². The Kier molecular flexibility index (Phi) is 6.95. The summed E-state index contributed by atoms with van der Waals surface area (Å²) in [5.74, 6) is 0.325. The fraction of sp³-hybridized carbons (Fsp3) is 0.400. The molecule has 2 rings (SSSR count). The molecule has 0 aliphatic heterocycles. The van der Waals surface area contributed by atoms with Crippen molar-refractivity contribution in [1.82, 2.24) is 9.88 Å². The first kappa shape index (κ1) is 18.9. The Morgan fingerprint density at radius 2 is 1.84 bits per heavy atom. The second-order valence-electron chi connectivity index (χ2n) is 6.78. The first-order valence-electron chi connectivity index (χ1n) is 8.70. The molecule has 134 valence electrons. The van der Waals surface area contributed by atoms with Gasteiger partial charge < -0.3 is 15.5 Å². The molecule has 5 nitrogen and oxygen atoms in total. The minimum atomic E-state index is -0.151. The zero-order chi connectivity index (χ0) is 18.2. The number of rotatable bonds is 8. The lowest BCUT2D eigenvalue weighted by Gasteiger charge is -2.11. The first-order valence-corrected chi connectivity index (χ1v) is 8.70. The molecule has 1 aromatic carbocycles. The minimum Gasteiger partial charge on any atom is -0.384 e. The van der Waals surface area contributed by atoms with E-state index in [1.807, 2.05) is 30.3 Å². The summed E-state index contributed by atoms with van der Waals surface area (Å²) >= 11 is 0. The maximum atomic E-state index is 12.4. The number of carbonyl (C=O) groups is 1. The van der Waals surface area contributed by atoms with Gasteiger partial charge in [0.1, 0.15) is 0 Å². The lowest BCUT2D eigenvalue weighted by molar-refractivity contribution is 0.102. The quantitative estimate of drug-likeness (QED) is 0.717. The lowest BCUT2D eigenvalue weighted by Crippen LogP contribution is -2.17. The molecule has 2 N–H and O–H groups in total. The van der Waals surface area contributed by atoms with E-state index in [1.54, 1.807) is 12.4 Å². The zero-order valence-corrected chi connectivity index (χ0v) is 15.5. The molecule has 1 heterocycles. The minimum absolute atomic E-state index is 0.151. The average molecular weight is 340 g/mol. The van der Waals surface area contributed by atoms with Crippen molar-refractivity contribution in [2.45, 2.75) is 26.2 Å². The molecule has 0 radical (unpaired) electrons. The predicted molar refractivity (Wildman–Crippen MR) is 104 cm³/mol. The highest BCUT2D eigenvalue weighted by atomic mass is 16.1. The zero-order valence-electron chi connectivity index (χ0n) is 15.5. The molecule has 0 unspecified atom stereocenters. The van der Waals surface area contributed by atoms with Gasteiger partial charge >= 0.3 is 0 Å². The summed E-state index contributed by atoms with van der Waals surface area (Å²) < 4.78 is 0. The van der Waals surface area contributed by atoms with Crippen molar-refractivity contribution < 1.29 is 4.79 Å². The Labute approximate surface area is 150 Å². The van der Waals surface area contributed by atoms with Crippen LogP contribution in [0.2, 0.25) is 0 Å². The number of amides is 1. The second kappa shape index (κ2) is 9.18. The van der Waals surface area contributed by atoms with Gasteiger partial charge in [-0.15, -0.1) is 0 Å². The van der Waals surface area contributed by atoms with Gasteiger partial charge in [-0.3, -0.25) is 9.78 Å². The van der Waals surface area contributed by atoms with E-state index in [1.165, 1.54) is 5.56 Å². The van der Waals surface area contributed by atoms with Gasteiger partial charge in [-0.05, 0) is 56.7 Å². The van der Waals surface area contributed by atoms with Gasteiger partial charge in [0, 0.05) is 24.6 Å². The summed E-state index contributed by atoms with van der Waals surface area (Å²) in [6.45, 7) is 6.17. The van der Waals surface area contributed by atoms with E-state index in [-0.39, 0.29) is 5.91 Å². The van der Waals surface area contributed by atoms with Crippen molar-refractivity contribution in [1.29, 1.82) is 0 Å². The van der Waals surface area contributed by atoms with E-state index in [9.17, 15) is 4.79 Å². The van der Waals surface area contributed by atoms with Crippen LogP contribution in [-0.2, 0) is 0 Å². The van der Waals surface area contributed by atoms with E-state index < -0.39 is 0 Å². The predicted octanol–water partition coefficient (Wildman–Crippen LogP) is 3.82. The van der Waals surface area contributed by atoms with Crippen molar-refractivity contribution in [2.24, 2.45) is 0 Å². The lowest BCUT2D eigenvalue weighted by atomic mass is 10.0. The van der Waals surface area contributed by atoms with E-state index >= 15 is 0 Å². The standard InChI is InChI=1S/C20H28N4O/c1-15(2)16-6-8-18(9-7-16)23-20(25)17-12-19(14-21-13-17)22-10-5-11-24(3)4/h6-9,12-15,22H,5,10-11H2,1-4H3,(H,23,25). The number of carbonyl (C=O) groups excluding carboxylic acids is 1. The molecular weight excluding hydrogens is 312 g/mol. The third-order valence-corrected chi connectivity index (χ3v) is 3.95. The number of nitrogens with one attached hydrogen (secondary N) is 2. The molecule has 0 aliphatic rings. The van der Waals surface area contributed by atoms with Crippen molar-refractivity contribution in [3.05, 3.63) is 53.9 Å². The third kappa shape index (κ3) is 6.19. The molecule has 1 amide bonds. The van der Waals surface area contributed by atoms with Crippen LogP contribution in [0.3, 0.4) is 0 Å². The summed E-state index contributed by atoms with van der Waals surface area (Å²) in [5.41, 5.74) is 3.45. The highest BCUT2D eigenvalue weighted by molar-refractivity contribution is 6.04. The summed E-state index contributed by atoms with van der Waals surface area (Å²) in [6, 6.07) is 9.79. The average Bonchev–Trinajstić information content (AvgIpc) is 2.59. The van der Waals surface area contributed by atoms with E-state index in [0.29, 0.717) is 11.5 Å². The van der Waals surface area contributed by atoms with Crippen molar-refractivity contribution in [3.63, 3.8) is 0 Å². The first-order chi connectivity index (χ1) is 12.0. The molecule has 5 heteroatoms. The van der Waals surface area contributed by atoms with Crippen LogP contribution in [0.5, 0.6) is 0 Å².